The third-order valence-electron chi connectivity index (χ3n) is 8.84. The fraction of sp³-hybridized carbons (Fsp3) is 0.364. The van der Waals surface area contributed by atoms with Gasteiger partial charge in [0.2, 0.25) is 0 Å². The number of fused-ring (bicyclic) bond motifs is 4. The average molecular weight is 540 g/mol. The number of rotatable bonds is 8. The Kier molecular flexibility index (Phi) is 6.88. The summed E-state index contributed by atoms with van der Waals surface area (Å²) in [7, 11) is 3.69. The molecule has 0 spiro atoms. The van der Waals surface area contributed by atoms with Crippen LogP contribution in [0, 0.1) is 12.7 Å². The van der Waals surface area contributed by atoms with Crippen molar-refractivity contribution in [3.8, 4) is 11.4 Å². The fourth-order valence-corrected chi connectivity index (χ4v) is 6.77. The Morgan fingerprint density at radius 3 is 2.70 bits per heavy atom. The van der Waals surface area contributed by atoms with Crippen LogP contribution < -0.4 is 5.56 Å². The van der Waals surface area contributed by atoms with Gasteiger partial charge in [0.25, 0.3) is 5.56 Å². The van der Waals surface area contributed by atoms with Crippen molar-refractivity contribution >= 4 is 17.2 Å². The molecule has 2 aromatic carbocycles. The number of carbonyl (C=O) groups is 1. The monoisotopic (exact) mass is 539 g/mol. The largest absolute Gasteiger partial charge is 0.380 e. The van der Waals surface area contributed by atoms with Crippen LogP contribution in [0.2, 0.25) is 0 Å². The Morgan fingerprint density at radius 2 is 2.00 bits per heavy atom. The van der Waals surface area contributed by atoms with E-state index in [0.717, 1.165) is 47.7 Å². The van der Waals surface area contributed by atoms with Crippen LogP contribution in [-0.4, -0.2) is 34.9 Å². The highest BCUT2D eigenvalue weighted by Gasteiger charge is 2.36. The molecule has 0 saturated heterocycles. The standard InChI is InChI=1S/C33H34FN3O3/c1-5-21(17-38)23-13-29-32-24(16-37(29)33(39)25(23)18-40-4)31-28(36(3)15-20-9-7-6-8-10-20)12-11-22-19(2)26(34)14-27(35-32)30(22)31/h6-10,13-14,17,21,28H,5,11-12,15-16,18H2,1-4H3. The van der Waals surface area contributed by atoms with Crippen LogP contribution in [0.5, 0.6) is 0 Å². The van der Waals surface area contributed by atoms with E-state index >= 15 is 4.39 Å². The molecular formula is C33H34FN3O3. The fourth-order valence-electron chi connectivity index (χ4n) is 6.77. The topological polar surface area (TPSA) is 64.4 Å². The molecule has 6 rings (SSSR count). The number of methoxy groups -OCH3 is 1. The molecule has 0 amide bonds. The van der Waals surface area contributed by atoms with Gasteiger partial charge in [-0.1, -0.05) is 37.3 Å². The summed E-state index contributed by atoms with van der Waals surface area (Å²) >= 11 is 0. The van der Waals surface area contributed by atoms with Crippen LogP contribution in [0.1, 0.15) is 70.7 Å². The number of pyridine rings is 2. The van der Waals surface area contributed by atoms with Gasteiger partial charge in [0.15, 0.2) is 0 Å². The van der Waals surface area contributed by atoms with Crippen molar-refractivity contribution in [1.29, 1.82) is 0 Å². The smallest absolute Gasteiger partial charge is 0.257 e. The first-order chi connectivity index (χ1) is 19.4. The van der Waals surface area contributed by atoms with Gasteiger partial charge < -0.3 is 14.1 Å². The van der Waals surface area contributed by atoms with Crippen molar-refractivity contribution in [3.05, 3.63) is 97.6 Å². The zero-order valence-corrected chi connectivity index (χ0v) is 23.5. The average Bonchev–Trinajstić information content (AvgIpc) is 3.33. The number of ether oxygens (including phenoxy) is 1. The number of aromatic nitrogens is 2. The second-order valence-corrected chi connectivity index (χ2v) is 11.1. The number of hydrogen-bond acceptors (Lipinski definition) is 5. The predicted octanol–water partition coefficient (Wildman–Crippen LogP) is 5.83. The molecule has 4 aromatic rings. The summed E-state index contributed by atoms with van der Waals surface area (Å²) in [6, 6.07) is 13.9. The highest BCUT2D eigenvalue weighted by molar-refractivity contribution is 5.93. The van der Waals surface area contributed by atoms with Crippen molar-refractivity contribution in [2.45, 2.75) is 64.8 Å². The Hall–Kier alpha value is -3.68. The van der Waals surface area contributed by atoms with Crippen molar-refractivity contribution in [1.82, 2.24) is 14.5 Å². The van der Waals surface area contributed by atoms with Crippen LogP contribution in [-0.2, 0) is 35.6 Å². The first kappa shape index (κ1) is 26.5. The lowest BCUT2D eigenvalue weighted by Crippen LogP contribution is -2.29. The Bertz CT molecular complexity index is 1700. The van der Waals surface area contributed by atoms with Gasteiger partial charge in [-0.05, 0) is 67.1 Å². The molecular weight excluding hydrogens is 505 g/mol. The van der Waals surface area contributed by atoms with Gasteiger partial charge in [-0.2, -0.15) is 0 Å². The van der Waals surface area contributed by atoms with E-state index in [1.807, 2.05) is 26.0 Å². The van der Waals surface area contributed by atoms with E-state index in [2.05, 4.69) is 36.2 Å². The normalized spacial score (nSPS) is 16.3. The van der Waals surface area contributed by atoms with E-state index < -0.39 is 5.92 Å². The summed E-state index contributed by atoms with van der Waals surface area (Å²) in [4.78, 5) is 33.3. The maximum Gasteiger partial charge on any atom is 0.257 e. The number of benzene rings is 2. The van der Waals surface area contributed by atoms with Crippen molar-refractivity contribution in [2.75, 3.05) is 14.2 Å². The molecule has 40 heavy (non-hydrogen) atoms. The van der Waals surface area contributed by atoms with E-state index in [1.54, 1.807) is 17.7 Å². The molecule has 0 bridgehead atoms. The molecule has 2 unspecified atom stereocenters. The van der Waals surface area contributed by atoms with E-state index in [4.69, 9.17) is 9.72 Å². The van der Waals surface area contributed by atoms with E-state index in [-0.39, 0.29) is 24.0 Å². The number of hydrogen-bond donors (Lipinski definition) is 0. The summed E-state index contributed by atoms with van der Waals surface area (Å²) < 4.78 is 22.3. The molecule has 7 heteroatoms. The molecule has 0 radical (unpaired) electrons. The zero-order valence-electron chi connectivity index (χ0n) is 23.5. The van der Waals surface area contributed by atoms with Crippen LogP contribution >= 0.6 is 0 Å². The molecule has 6 nitrogen and oxygen atoms in total. The van der Waals surface area contributed by atoms with Gasteiger partial charge >= 0.3 is 0 Å². The minimum Gasteiger partial charge on any atom is -0.380 e. The quantitative estimate of drug-likeness (QED) is 0.232. The Morgan fingerprint density at radius 1 is 1.23 bits per heavy atom. The highest BCUT2D eigenvalue weighted by atomic mass is 19.1. The summed E-state index contributed by atoms with van der Waals surface area (Å²) in [6.45, 7) is 5.08. The molecule has 0 fully saturated rings. The van der Waals surface area contributed by atoms with Gasteiger partial charge in [0.05, 0.1) is 30.1 Å². The number of carbonyl (C=O) groups excluding carboxylic acids is 1. The molecule has 1 aliphatic heterocycles. The first-order valence-corrected chi connectivity index (χ1v) is 14.0. The van der Waals surface area contributed by atoms with Crippen molar-refractivity contribution in [2.24, 2.45) is 0 Å². The van der Waals surface area contributed by atoms with Gasteiger partial charge in [-0.15, -0.1) is 0 Å². The summed E-state index contributed by atoms with van der Waals surface area (Å²) in [6.07, 6.45) is 3.09. The minimum absolute atomic E-state index is 0.0816. The third kappa shape index (κ3) is 4.11. The van der Waals surface area contributed by atoms with Crippen LogP contribution in [0.25, 0.3) is 22.3 Å². The third-order valence-corrected chi connectivity index (χ3v) is 8.84. The molecule has 2 aromatic heterocycles. The van der Waals surface area contributed by atoms with Crippen molar-refractivity contribution < 1.29 is 13.9 Å². The van der Waals surface area contributed by atoms with Crippen LogP contribution in [0.15, 0.2) is 47.3 Å². The molecule has 2 atom stereocenters. The molecule has 3 heterocycles. The van der Waals surface area contributed by atoms with Crippen molar-refractivity contribution in [3.63, 3.8) is 0 Å². The van der Waals surface area contributed by atoms with Gasteiger partial charge in [-0.3, -0.25) is 9.69 Å². The predicted molar refractivity (Wildman–Crippen MR) is 154 cm³/mol. The van der Waals surface area contributed by atoms with E-state index in [0.29, 0.717) is 46.6 Å². The van der Waals surface area contributed by atoms with E-state index in [9.17, 15) is 9.59 Å². The molecule has 0 N–H and O–H groups in total. The molecule has 0 saturated carbocycles. The molecule has 206 valence electrons. The summed E-state index contributed by atoms with van der Waals surface area (Å²) in [5, 5.41) is 1.02. The van der Waals surface area contributed by atoms with Gasteiger partial charge in [-0.25, -0.2) is 9.37 Å². The van der Waals surface area contributed by atoms with E-state index in [1.165, 1.54) is 5.56 Å². The second-order valence-electron chi connectivity index (χ2n) is 11.1. The highest BCUT2D eigenvalue weighted by Crippen LogP contribution is 2.46. The van der Waals surface area contributed by atoms with Gasteiger partial charge in [0.1, 0.15) is 12.1 Å². The van der Waals surface area contributed by atoms with Gasteiger partial charge in [0, 0.05) is 48.2 Å². The Balaban J connectivity index is 1.60. The SMILES string of the molecule is CCC(C=O)c1cc2n(c(=O)c1COC)Cc1c-2nc2cc(F)c(C)c3c2c1C(N(C)Cc1ccccc1)CC3. The number of aryl methyl sites for hydroxylation is 1. The lowest BCUT2D eigenvalue weighted by Gasteiger charge is -2.35. The second kappa shape index (κ2) is 10.4. The molecule has 1 aliphatic carbocycles. The van der Waals surface area contributed by atoms with Crippen LogP contribution in [0.3, 0.4) is 0 Å². The summed E-state index contributed by atoms with van der Waals surface area (Å²) in [5.74, 6) is -0.668. The first-order valence-electron chi connectivity index (χ1n) is 14.0. The maximum absolute atomic E-state index is 15.1. The number of nitrogens with zero attached hydrogens (tertiary/aromatic N) is 3. The van der Waals surface area contributed by atoms with Crippen LogP contribution in [0.4, 0.5) is 4.39 Å². The lowest BCUT2D eigenvalue weighted by atomic mass is 9.81. The maximum atomic E-state index is 15.1. The summed E-state index contributed by atoms with van der Waals surface area (Å²) in [5.41, 5.74) is 8.13. The number of halogens is 1. The zero-order chi connectivity index (χ0) is 28.1. The Labute approximate surface area is 233 Å². The molecule has 2 aliphatic rings. The minimum atomic E-state index is -0.414. The lowest BCUT2D eigenvalue weighted by molar-refractivity contribution is -0.109. The number of aldehydes is 1.